The van der Waals surface area contributed by atoms with E-state index >= 15 is 0 Å². The van der Waals surface area contributed by atoms with Crippen LogP contribution in [0.5, 0.6) is 11.5 Å². The van der Waals surface area contributed by atoms with Crippen molar-refractivity contribution in [2.24, 2.45) is 5.92 Å². The van der Waals surface area contributed by atoms with E-state index in [1.807, 2.05) is 18.2 Å². The molecular formula is C19H31N3O3. The topological polar surface area (TPSA) is 62.8 Å². The third-order valence-corrected chi connectivity index (χ3v) is 4.60. The third-order valence-electron chi connectivity index (χ3n) is 4.60. The molecule has 1 saturated heterocycles. The number of methoxy groups -OCH3 is 2. The van der Waals surface area contributed by atoms with Gasteiger partial charge in [-0.2, -0.15) is 0 Å². The van der Waals surface area contributed by atoms with E-state index in [2.05, 4.69) is 22.5 Å². The lowest BCUT2D eigenvalue weighted by Gasteiger charge is -2.30. The quantitative estimate of drug-likeness (QED) is 0.756. The van der Waals surface area contributed by atoms with Crippen LogP contribution < -0.4 is 20.1 Å². The number of hydrogen-bond donors (Lipinski definition) is 2. The fourth-order valence-electron chi connectivity index (χ4n) is 3.24. The van der Waals surface area contributed by atoms with Gasteiger partial charge in [-0.3, -0.25) is 0 Å². The number of piperidine rings is 1. The van der Waals surface area contributed by atoms with Crippen molar-refractivity contribution in [2.75, 3.05) is 46.9 Å². The second-order valence-corrected chi connectivity index (χ2v) is 6.67. The van der Waals surface area contributed by atoms with E-state index in [0.717, 1.165) is 37.5 Å². The van der Waals surface area contributed by atoms with Gasteiger partial charge in [0.25, 0.3) is 0 Å². The predicted molar refractivity (Wildman–Crippen MR) is 99.5 cm³/mol. The van der Waals surface area contributed by atoms with Crippen LogP contribution in [0.2, 0.25) is 0 Å². The van der Waals surface area contributed by atoms with Crippen LogP contribution in [0.15, 0.2) is 18.2 Å². The number of benzene rings is 1. The third kappa shape index (κ3) is 6.46. The number of likely N-dealkylation sites (tertiary alicyclic amines) is 1. The number of nitrogens with one attached hydrogen (secondary N) is 2. The normalized spacial score (nSPS) is 17.8. The molecule has 6 nitrogen and oxygen atoms in total. The summed E-state index contributed by atoms with van der Waals surface area (Å²) in [6, 6.07) is 5.70. The fraction of sp³-hybridized carbons (Fsp3) is 0.632. The van der Waals surface area contributed by atoms with Gasteiger partial charge in [0.15, 0.2) is 11.5 Å². The molecule has 25 heavy (non-hydrogen) atoms. The molecule has 0 bridgehead atoms. The van der Waals surface area contributed by atoms with E-state index in [1.165, 1.54) is 12.8 Å². The zero-order valence-electron chi connectivity index (χ0n) is 15.6. The fourth-order valence-corrected chi connectivity index (χ4v) is 3.24. The van der Waals surface area contributed by atoms with Crippen LogP contribution in [0.1, 0.15) is 25.3 Å². The van der Waals surface area contributed by atoms with Crippen molar-refractivity contribution in [2.45, 2.75) is 26.2 Å². The molecule has 1 unspecified atom stereocenters. The largest absolute Gasteiger partial charge is 0.493 e. The number of urea groups is 1. The Bertz CT molecular complexity index is 551. The molecule has 2 N–H and O–H groups in total. The van der Waals surface area contributed by atoms with E-state index in [4.69, 9.17) is 9.47 Å². The number of carbonyl (C=O) groups excluding carboxylic acids is 1. The molecule has 0 aliphatic carbocycles. The first-order valence-electron chi connectivity index (χ1n) is 9.07. The Hall–Kier alpha value is -1.95. The van der Waals surface area contributed by atoms with Gasteiger partial charge in [0, 0.05) is 26.2 Å². The zero-order valence-corrected chi connectivity index (χ0v) is 15.6. The van der Waals surface area contributed by atoms with Gasteiger partial charge >= 0.3 is 6.03 Å². The number of hydrogen-bond acceptors (Lipinski definition) is 4. The van der Waals surface area contributed by atoms with E-state index in [-0.39, 0.29) is 6.03 Å². The smallest absolute Gasteiger partial charge is 0.314 e. The molecule has 0 saturated carbocycles. The lowest BCUT2D eigenvalue weighted by atomic mass is 10.0. The Morgan fingerprint density at radius 1 is 1.20 bits per heavy atom. The minimum atomic E-state index is -0.106. The van der Waals surface area contributed by atoms with Gasteiger partial charge in [0.1, 0.15) is 0 Å². The van der Waals surface area contributed by atoms with E-state index in [1.54, 1.807) is 14.2 Å². The summed E-state index contributed by atoms with van der Waals surface area (Å²) in [5.74, 6) is 2.19. The molecule has 1 fully saturated rings. The molecule has 140 valence electrons. The van der Waals surface area contributed by atoms with Gasteiger partial charge in [-0.05, 0) is 49.4 Å². The predicted octanol–water partition coefficient (Wildman–Crippen LogP) is 2.28. The first-order valence-corrected chi connectivity index (χ1v) is 9.07. The minimum Gasteiger partial charge on any atom is -0.493 e. The second kappa shape index (κ2) is 10.1. The molecule has 2 amide bonds. The first-order chi connectivity index (χ1) is 12.1. The molecule has 1 atom stereocenters. The SMILES string of the molecule is COc1ccc(CCNC(=O)NCCN2CCCC(C)C2)cc1OC. The summed E-state index contributed by atoms with van der Waals surface area (Å²) >= 11 is 0. The van der Waals surface area contributed by atoms with Gasteiger partial charge < -0.3 is 25.0 Å². The van der Waals surface area contributed by atoms with Crippen molar-refractivity contribution in [3.63, 3.8) is 0 Å². The average Bonchev–Trinajstić information content (AvgIpc) is 2.61. The van der Waals surface area contributed by atoms with Crippen molar-refractivity contribution in [3.05, 3.63) is 23.8 Å². The van der Waals surface area contributed by atoms with Crippen molar-refractivity contribution in [1.29, 1.82) is 0 Å². The molecule has 1 aliphatic heterocycles. The van der Waals surface area contributed by atoms with Crippen LogP contribution in [0.3, 0.4) is 0 Å². The number of rotatable bonds is 8. The number of nitrogens with zero attached hydrogens (tertiary/aromatic N) is 1. The van der Waals surface area contributed by atoms with Crippen molar-refractivity contribution in [3.8, 4) is 11.5 Å². The molecule has 0 spiro atoms. The van der Waals surface area contributed by atoms with Crippen LogP contribution in [-0.2, 0) is 6.42 Å². The highest BCUT2D eigenvalue weighted by atomic mass is 16.5. The summed E-state index contributed by atoms with van der Waals surface area (Å²) in [6.45, 7) is 6.78. The van der Waals surface area contributed by atoms with Gasteiger partial charge in [0.2, 0.25) is 0 Å². The number of amides is 2. The molecule has 2 rings (SSSR count). The van der Waals surface area contributed by atoms with Crippen LogP contribution in [0.4, 0.5) is 4.79 Å². The van der Waals surface area contributed by atoms with Crippen molar-refractivity contribution >= 4 is 6.03 Å². The Labute approximate surface area is 150 Å². The van der Waals surface area contributed by atoms with Crippen molar-refractivity contribution in [1.82, 2.24) is 15.5 Å². The van der Waals surface area contributed by atoms with Crippen LogP contribution in [-0.4, -0.2) is 57.9 Å². The average molecular weight is 349 g/mol. The molecule has 0 radical (unpaired) electrons. The summed E-state index contributed by atoms with van der Waals surface area (Å²) in [6.07, 6.45) is 3.33. The Morgan fingerprint density at radius 3 is 2.68 bits per heavy atom. The monoisotopic (exact) mass is 349 g/mol. The lowest BCUT2D eigenvalue weighted by molar-refractivity contribution is 0.184. The molecule has 0 aromatic heterocycles. The molecule has 1 heterocycles. The molecule has 1 aliphatic rings. The van der Waals surface area contributed by atoms with Crippen LogP contribution in [0, 0.1) is 5.92 Å². The highest BCUT2D eigenvalue weighted by Gasteiger charge is 2.15. The molecule has 6 heteroatoms. The standard InChI is InChI=1S/C19H31N3O3/c1-15-5-4-11-22(14-15)12-10-21-19(23)20-9-8-16-6-7-17(24-2)18(13-16)25-3/h6-7,13,15H,4-5,8-12,14H2,1-3H3,(H2,20,21,23). The first kappa shape index (κ1) is 19.4. The maximum Gasteiger partial charge on any atom is 0.314 e. The van der Waals surface area contributed by atoms with E-state index in [0.29, 0.717) is 24.6 Å². The number of carbonyl (C=O) groups is 1. The molecule has 1 aromatic rings. The Balaban J connectivity index is 1.63. The van der Waals surface area contributed by atoms with E-state index < -0.39 is 0 Å². The highest BCUT2D eigenvalue weighted by molar-refractivity contribution is 5.73. The maximum atomic E-state index is 11.9. The van der Waals surface area contributed by atoms with Crippen LogP contribution in [0.25, 0.3) is 0 Å². The molecule has 1 aromatic carbocycles. The number of ether oxygens (including phenoxy) is 2. The molecular weight excluding hydrogens is 318 g/mol. The summed E-state index contributed by atoms with van der Waals surface area (Å²) in [5, 5.41) is 5.84. The van der Waals surface area contributed by atoms with Gasteiger partial charge in [-0.1, -0.05) is 13.0 Å². The second-order valence-electron chi connectivity index (χ2n) is 6.67. The zero-order chi connectivity index (χ0) is 18.1. The lowest BCUT2D eigenvalue weighted by Crippen LogP contribution is -2.43. The van der Waals surface area contributed by atoms with Gasteiger partial charge in [-0.15, -0.1) is 0 Å². The highest BCUT2D eigenvalue weighted by Crippen LogP contribution is 2.27. The minimum absolute atomic E-state index is 0.106. The summed E-state index contributed by atoms with van der Waals surface area (Å²) in [4.78, 5) is 14.3. The van der Waals surface area contributed by atoms with Gasteiger partial charge in [-0.25, -0.2) is 4.79 Å². The Morgan fingerprint density at radius 2 is 1.96 bits per heavy atom. The maximum absolute atomic E-state index is 11.9. The summed E-state index contributed by atoms with van der Waals surface area (Å²) in [7, 11) is 3.24. The van der Waals surface area contributed by atoms with Gasteiger partial charge in [0.05, 0.1) is 14.2 Å². The Kier molecular flexibility index (Phi) is 7.85. The van der Waals surface area contributed by atoms with E-state index in [9.17, 15) is 4.79 Å². The summed E-state index contributed by atoms with van der Waals surface area (Å²) < 4.78 is 10.5. The van der Waals surface area contributed by atoms with Crippen molar-refractivity contribution < 1.29 is 14.3 Å². The summed E-state index contributed by atoms with van der Waals surface area (Å²) in [5.41, 5.74) is 1.10. The van der Waals surface area contributed by atoms with Crippen LogP contribution >= 0.6 is 0 Å².